The van der Waals surface area contributed by atoms with Gasteiger partial charge in [-0.15, -0.1) is 11.8 Å². The molecule has 3 heteroatoms. The highest BCUT2D eigenvalue weighted by molar-refractivity contribution is 8.03. The average Bonchev–Trinajstić information content (AvgIpc) is 2.41. The standard InChI is InChI=1S/C7H11NOS/c9-6-8-4-3-7-2-1-5-10-7/h1,5-7H,2-4H2,(H,8,9). The zero-order valence-corrected chi connectivity index (χ0v) is 6.56. The van der Waals surface area contributed by atoms with Gasteiger partial charge in [0.2, 0.25) is 6.41 Å². The molecule has 0 radical (unpaired) electrons. The molecule has 1 aliphatic heterocycles. The van der Waals surface area contributed by atoms with Gasteiger partial charge < -0.3 is 5.32 Å². The molecule has 1 amide bonds. The Morgan fingerprint density at radius 1 is 1.80 bits per heavy atom. The van der Waals surface area contributed by atoms with Gasteiger partial charge in [0.1, 0.15) is 0 Å². The Bertz CT molecular complexity index is 128. The summed E-state index contributed by atoms with van der Waals surface area (Å²) in [7, 11) is 0. The Morgan fingerprint density at radius 3 is 3.30 bits per heavy atom. The van der Waals surface area contributed by atoms with Gasteiger partial charge in [-0.25, -0.2) is 0 Å². The lowest BCUT2D eigenvalue weighted by Crippen LogP contribution is -2.15. The highest BCUT2D eigenvalue weighted by Crippen LogP contribution is 2.25. The van der Waals surface area contributed by atoms with Crippen molar-refractivity contribution in [1.82, 2.24) is 5.32 Å². The number of allylic oxidation sites excluding steroid dienone is 1. The van der Waals surface area contributed by atoms with E-state index in [0.29, 0.717) is 5.25 Å². The molecule has 0 bridgehead atoms. The number of carbonyl (C=O) groups is 1. The van der Waals surface area contributed by atoms with Gasteiger partial charge in [-0.1, -0.05) is 6.08 Å². The van der Waals surface area contributed by atoms with Crippen molar-refractivity contribution < 1.29 is 4.79 Å². The van der Waals surface area contributed by atoms with Crippen molar-refractivity contribution in [2.24, 2.45) is 0 Å². The number of nitrogens with one attached hydrogen (secondary N) is 1. The van der Waals surface area contributed by atoms with Crippen LogP contribution in [0.5, 0.6) is 0 Å². The van der Waals surface area contributed by atoms with Crippen LogP contribution in [0.15, 0.2) is 11.5 Å². The molecule has 0 saturated carbocycles. The molecule has 1 atom stereocenters. The van der Waals surface area contributed by atoms with E-state index in [1.807, 2.05) is 11.8 Å². The maximum atomic E-state index is 9.85. The fourth-order valence-electron chi connectivity index (χ4n) is 0.919. The van der Waals surface area contributed by atoms with Crippen LogP contribution in [0, 0.1) is 0 Å². The Balaban J connectivity index is 1.98. The quantitative estimate of drug-likeness (QED) is 0.490. The summed E-state index contributed by atoms with van der Waals surface area (Å²) < 4.78 is 0. The first kappa shape index (κ1) is 7.66. The number of rotatable bonds is 4. The minimum absolute atomic E-state index is 0.701. The highest BCUT2D eigenvalue weighted by Gasteiger charge is 2.08. The van der Waals surface area contributed by atoms with Gasteiger partial charge >= 0.3 is 0 Å². The predicted molar refractivity (Wildman–Crippen MR) is 43.8 cm³/mol. The van der Waals surface area contributed by atoms with Gasteiger partial charge in [-0.3, -0.25) is 4.79 Å². The van der Waals surface area contributed by atoms with E-state index in [0.717, 1.165) is 25.8 Å². The van der Waals surface area contributed by atoms with E-state index in [1.165, 1.54) is 0 Å². The molecular formula is C7H11NOS. The predicted octanol–water partition coefficient (Wildman–Crippen LogP) is 1.14. The topological polar surface area (TPSA) is 29.1 Å². The van der Waals surface area contributed by atoms with Gasteiger partial charge in [0.15, 0.2) is 0 Å². The molecule has 2 nitrogen and oxygen atoms in total. The number of thioether (sulfide) groups is 1. The van der Waals surface area contributed by atoms with Crippen LogP contribution in [0.25, 0.3) is 0 Å². The third-order valence-corrected chi connectivity index (χ3v) is 2.62. The number of amides is 1. The number of carbonyl (C=O) groups excluding carboxylic acids is 1. The molecule has 1 aliphatic rings. The lowest BCUT2D eigenvalue weighted by atomic mass is 10.2. The zero-order valence-electron chi connectivity index (χ0n) is 5.75. The monoisotopic (exact) mass is 157 g/mol. The van der Waals surface area contributed by atoms with E-state index in [-0.39, 0.29) is 0 Å². The van der Waals surface area contributed by atoms with E-state index in [2.05, 4.69) is 16.8 Å². The third-order valence-electron chi connectivity index (χ3n) is 1.46. The molecule has 0 spiro atoms. The van der Waals surface area contributed by atoms with Crippen LogP contribution >= 0.6 is 11.8 Å². The van der Waals surface area contributed by atoms with E-state index in [9.17, 15) is 4.79 Å². The van der Waals surface area contributed by atoms with Crippen LogP contribution in [-0.4, -0.2) is 18.2 Å². The van der Waals surface area contributed by atoms with Crippen molar-refractivity contribution in [3.05, 3.63) is 11.5 Å². The maximum Gasteiger partial charge on any atom is 0.207 e. The van der Waals surface area contributed by atoms with Gasteiger partial charge in [-0.05, 0) is 18.2 Å². The smallest absolute Gasteiger partial charge is 0.207 e. The molecule has 0 aromatic rings. The highest BCUT2D eigenvalue weighted by atomic mass is 32.2. The first-order valence-corrected chi connectivity index (χ1v) is 4.35. The fraction of sp³-hybridized carbons (Fsp3) is 0.571. The molecule has 56 valence electrons. The van der Waals surface area contributed by atoms with Gasteiger partial charge in [-0.2, -0.15) is 0 Å². The summed E-state index contributed by atoms with van der Waals surface area (Å²) in [5.41, 5.74) is 0. The zero-order chi connectivity index (χ0) is 7.23. The normalized spacial score (nSPS) is 23.0. The Morgan fingerprint density at radius 2 is 2.70 bits per heavy atom. The molecule has 1 unspecified atom stereocenters. The summed E-state index contributed by atoms with van der Waals surface area (Å²) in [4.78, 5) is 9.85. The Hall–Kier alpha value is -0.440. The average molecular weight is 157 g/mol. The molecule has 1 N–H and O–H groups in total. The van der Waals surface area contributed by atoms with Crippen molar-refractivity contribution in [3.8, 4) is 0 Å². The molecule has 10 heavy (non-hydrogen) atoms. The van der Waals surface area contributed by atoms with E-state index >= 15 is 0 Å². The van der Waals surface area contributed by atoms with Crippen molar-refractivity contribution >= 4 is 18.2 Å². The molecular weight excluding hydrogens is 146 g/mol. The summed E-state index contributed by atoms with van der Waals surface area (Å²) >= 11 is 1.86. The van der Waals surface area contributed by atoms with E-state index < -0.39 is 0 Å². The van der Waals surface area contributed by atoms with Gasteiger partial charge in [0, 0.05) is 11.8 Å². The summed E-state index contributed by atoms with van der Waals surface area (Å²) in [6.07, 6.45) is 5.17. The van der Waals surface area contributed by atoms with E-state index in [4.69, 9.17) is 0 Å². The number of hydrogen-bond acceptors (Lipinski definition) is 2. The summed E-state index contributed by atoms with van der Waals surface area (Å²) in [6, 6.07) is 0. The van der Waals surface area contributed by atoms with Crippen molar-refractivity contribution in [1.29, 1.82) is 0 Å². The van der Waals surface area contributed by atoms with Crippen LogP contribution in [0.2, 0.25) is 0 Å². The second-order valence-electron chi connectivity index (χ2n) is 2.23. The number of hydrogen-bond donors (Lipinski definition) is 1. The first-order chi connectivity index (χ1) is 4.93. The summed E-state index contributed by atoms with van der Waals surface area (Å²) in [5.74, 6) is 0. The fourth-order valence-corrected chi connectivity index (χ4v) is 1.84. The minimum atomic E-state index is 0.701. The summed E-state index contributed by atoms with van der Waals surface area (Å²) in [6.45, 7) is 0.808. The Labute approximate surface area is 65.1 Å². The van der Waals surface area contributed by atoms with Crippen LogP contribution in [0.3, 0.4) is 0 Å². The molecule has 1 rings (SSSR count). The largest absolute Gasteiger partial charge is 0.359 e. The van der Waals surface area contributed by atoms with Crippen molar-refractivity contribution in [2.45, 2.75) is 18.1 Å². The van der Waals surface area contributed by atoms with E-state index in [1.54, 1.807) is 0 Å². The first-order valence-electron chi connectivity index (χ1n) is 3.41. The molecule has 0 fully saturated rings. The van der Waals surface area contributed by atoms with Crippen LogP contribution < -0.4 is 5.32 Å². The lowest BCUT2D eigenvalue weighted by Gasteiger charge is -2.05. The Kier molecular flexibility index (Phi) is 3.36. The lowest BCUT2D eigenvalue weighted by molar-refractivity contribution is -0.109. The molecule has 0 aromatic heterocycles. The molecule has 0 aromatic carbocycles. The molecule has 0 aliphatic carbocycles. The molecule has 0 saturated heterocycles. The third kappa shape index (κ3) is 2.43. The van der Waals surface area contributed by atoms with Crippen molar-refractivity contribution in [3.63, 3.8) is 0 Å². The van der Waals surface area contributed by atoms with Crippen LogP contribution in [0.4, 0.5) is 0 Å². The van der Waals surface area contributed by atoms with Crippen molar-refractivity contribution in [2.75, 3.05) is 6.54 Å². The van der Waals surface area contributed by atoms with Gasteiger partial charge in [0.05, 0.1) is 0 Å². The van der Waals surface area contributed by atoms with Gasteiger partial charge in [0.25, 0.3) is 0 Å². The second-order valence-corrected chi connectivity index (χ2v) is 3.44. The summed E-state index contributed by atoms with van der Waals surface area (Å²) in [5, 5.41) is 5.49. The second kappa shape index (κ2) is 4.39. The molecule has 1 heterocycles. The maximum absolute atomic E-state index is 9.85. The SMILES string of the molecule is O=CNCCC1CC=CS1. The minimum Gasteiger partial charge on any atom is -0.359 e. The van der Waals surface area contributed by atoms with Crippen LogP contribution in [-0.2, 0) is 4.79 Å². The van der Waals surface area contributed by atoms with Crippen LogP contribution in [0.1, 0.15) is 12.8 Å².